The van der Waals surface area contributed by atoms with Gasteiger partial charge >= 0.3 is 0 Å². The summed E-state index contributed by atoms with van der Waals surface area (Å²) in [7, 11) is 0. The van der Waals surface area contributed by atoms with Gasteiger partial charge in [0.1, 0.15) is 5.82 Å². The van der Waals surface area contributed by atoms with Crippen LogP contribution in [0.15, 0.2) is 18.2 Å². The van der Waals surface area contributed by atoms with Gasteiger partial charge in [-0.1, -0.05) is 11.6 Å². The molecule has 1 heterocycles. The molecule has 1 fully saturated rings. The predicted molar refractivity (Wildman–Crippen MR) is 78.6 cm³/mol. The minimum atomic E-state index is -0.590. The zero-order chi connectivity index (χ0) is 15.4. The zero-order valence-corrected chi connectivity index (χ0v) is 12.6. The largest absolute Gasteiger partial charge is 0.336 e. The minimum Gasteiger partial charge on any atom is -0.336 e. The molecule has 112 valence electrons. The van der Waals surface area contributed by atoms with Crippen molar-refractivity contribution in [1.29, 1.82) is 5.26 Å². The average Bonchev–Trinajstić information content (AvgIpc) is 2.47. The fraction of sp³-hybridized carbons (Fsp3) is 0.467. The monoisotopic (exact) mass is 309 g/mol. The molecule has 6 heteroatoms. The number of nitrogens with zero attached hydrogens (tertiary/aromatic N) is 3. The maximum atomic E-state index is 13.8. The van der Waals surface area contributed by atoms with Crippen LogP contribution in [0.25, 0.3) is 0 Å². The summed E-state index contributed by atoms with van der Waals surface area (Å²) in [6.45, 7) is 4.47. The van der Waals surface area contributed by atoms with Gasteiger partial charge in [0, 0.05) is 37.2 Å². The lowest BCUT2D eigenvalue weighted by atomic mass is 10.1. The van der Waals surface area contributed by atoms with Crippen LogP contribution in [-0.4, -0.2) is 47.9 Å². The van der Waals surface area contributed by atoms with Crippen LogP contribution in [0.3, 0.4) is 0 Å². The number of carbonyl (C=O) groups is 1. The number of halogens is 2. The van der Waals surface area contributed by atoms with E-state index in [9.17, 15) is 9.18 Å². The van der Waals surface area contributed by atoms with Crippen molar-refractivity contribution in [3.05, 3.63) is 34.6 Å². The van der Waals surface area contributed by atoms with Gasteiger partial charge in [-0.05, 0) is 25.1 Å². The standard InChI is InChI=1S/C15H17ClFN3O/c1-11(4-5-18)19-6-8-20(9-7-19)15(21)13-3-2-12(16)10-14(13)17/h2-3,10-11H,4,6-9H2,1H3/t11-/m0/s1. The van der Waals surface area contributed by atoms with Crippen molar-refractivity contribution in [2.24, 2.45) is 0 Å². The Morgan fingerprint density at radius 2 is 2.10 bits per heavy atom. The van der Waals surface area contributed by atoms with E-state index in [0.717, 1.165) is 6.07 Å². The van der Waals surface area contributed by atoms with Crippen LogP contribution in [0.5, 0.6) is 0 Å². The van der Waals surface area contributed by atoms with Gasteiger partial charge in [-0.25, -0.2) is 4.39 Å². The van der Waals surface area contributed by atoms with E-state index >= 15 is 0 Å². The summed E-state index contributed by atoms with van der Waals surface area (Å²) in [5, 5.41) is 8.99. The van der Waals surface area contributed by atoms with Crippen molar-refractivity contribution in [3.8, 4) is 6.07 Å². The average molecular weight is 310 g/mol. The molecule has 21 heavy (non-hydrogen) atoms. The van der Waals surface area contributed by atoms with Gasteiger partial charge in [0.05, 0.1) is 18.1 Å². The van der Waals surface area contributed by atoms with Crippen LogP contribution in [0.2, 0.25) is 5.02 Å². The summed E-state index contributed by atoms with van der Waals surface area (Å²) in [6.07, 6.45) is 0.472. The molecule has 0 aromatic heterocycles. The van der Waals surface area contributed by atoms with Gasteiger partial charge in [0.25, 0.3) is 5.91 Å². The van der Waals surface area contributed by atoms with E-state index in [1.165, 1.54) is 12.1 Å². The van der Waals surface area contributed by atoms with Gasteiger partial charge < -0.3 is 4.90 Å². The van der Waals surface area contributed by atoms with Crippen molar-refractivity contribution in [1.82, 2.24) is 9.80 Å². The zero-order valence-electron chi connectivity index (χ0n) is 11.9. The number of benzene rings is 1. The number of nitriles is 1. The van der Waals surface area contributed by atoms with Gasteiger partial charge in [-0.15, -0.1) is 0 Å². The lowest BCUT2D eigenvalue weighted by Crippen LogP contribution is -2.51. The molecule has 0 saturated carbocycles. The van der Waals surface area contributed by atoms with Gasteiger partial charge in [0.2, 0.25) is 0 Å². The lowest BCUT2D eigenvalue weighted by molar-refractivity contribution is 0.0581. The van der Waals surface area contributed by atoms with E-state index in [1.807, 2.05) is 6.92 Å². The number of hydrogen-bond acceptors (Lipinski definition) is 3. The van der Waals surface area contributed by atoms with Crippen LogP contribution in [0.1, 0.15) is 23.7 Å². The third kappa shape index (κ3) is 3.72. The first-order valence-corrected chi connectivity index (χ1v) is 7.26. The molecule has 0 bridgehead atoms. The fourth-order valence-electron chi connectivity index (χ4n) is 2.46. The molecular formula is C15H17ClFN3O. The number of amides is 1. The summed E-state index contributed by atoms with van der Waals surface area (Å²) in [4.78, 5) is 16.1. The molecule has 4 nitrogen and oxygen atoms in total. The van der Waals surface area contributed by atoms with Crippen molar-refractivity contribution in [2.45, 2.75) is 19.4 Å². The molecule has 1 aromatic rings. The first-order valence-electron chi connectivity index (χ1n) is 6.88. The van der Waals surface area contributed by atoms with E-state index < -0.39 is 5.82 Å². The Balaban J connectivity index is 1.99. The SMILES string of the molecule is C[C@@H](CC#N)N1CCN(C(=O)c2ccc(Cl)cc2F)CC1. The van der Waals surface area contributed by atoms with Gasteiger partial charge in [0.15, 0.2) is 0 Å². The second kappa shape index (κ2) is 6.88. The summed E-state index contributed by atoms with van der Waals surface area (Å²) in [5.74, 6) is -0.899. The molecule has 0 spiro atoms. The molecule has 1 aromatic carbocycles. The second-order valence-electron chi connectivity index (χ2n) is 5.16. The highest BCUT2D eigenvalue weighted by Gasteiger charge is 2.26. The Morgan fingerprint density at radius 1 is 1.43 bits per heavy atom. The highest BCUT2D eigenvalue weighted by Crippen LogP contribution is 2.18. The highest BCUT2D eigenvalue weighted by molar-refractivity contribution is 6.30. The summed E-state index contributed by atoms with van der Waals surface area (Å²) < 4.78 is 13.8. The third-order valence-electron chi connectivity index (χ3n) is 3.77. The van der Waals surface area contributed by atoms with Crippen molar-refractivity contribution in [3.63, 3.8) is 0 Å². The molecule has 1 saturated heterocycles. The first-order chi connectivity index (χ1) is 10.0. The highest BCUT2D eigenvalue weighted by atomic mass is 35.5. The second-order valence-corrected chi connectivity index (χ2v) is 5.60. The fourth-order valence-corrected chi connectivity index (χ4v) is 2.62. The van der Waals surface area contributed by atoms with Gasteiger partial charge in [-0.3, -0.25) is 9.69 Å². The van der Waals surface area contributed by atoms with Crippen molar-refractivity contribution in [2.75, 3.05) is 26.2 Å². The Hall–Kier alpha value is -1.64. The van der Waals surface area contributed by atoms with Crippen LogP contribution < -0.4 is 0 Å². The molecule has 1 atom stereocenters. The summed E-state index contributed by atoms with van der Waals surface area (Å²) >= 11 is 5.69. The quantitative estimate of drug-likeness (QED) is 0.862. The van der Waals surface area contributed by atoms with Crippen LogP contribution in [-0.2, 0) is 0 Å². The molecule has 1 aliphatic heterocycles. The molecular weight excluding hydrogens is 293 g/mol. The first kappa shape index (κ1) is 15.7. The van der Waals surface area contributed by atoms with E-state index in [1.54, 1.807) is 4.90 Å². The van der Waals surface area contributed by atoms with Crippen molar-refractivity contribution < 1.29 is 9.18 Å². The van der Waals surface area contributed by atoms with E-state index in [0.29, 0.717) is 32.6 Å². The minimum absolute atomic E-state index is 0.0536. The predicted octanol–water partition coefficient (Wildman–Crippen LogP) is 2.54. The summed E-state index contributed by atoms with van der Waals surface area (Å²) in [5.41, 5.74) is 0.0536. The maximum absolute atomic E-state index is 13.8. The lowest BCUT2D eigenvalue weighted by Gasteiger charge is -2.37. The topological polar surface area (TPSA) is 47.3 Å². The molecule has 0 aliphatic carbocycles. The normalized spacial score (nSPS) is 17.3. The smallest absolute Gasteiger partial charge is 0.256 e. The van der Waals surface area contributed by atoms with Crippen LogP contribution in [0.4, 0.5) is 4.39 Å². The molecule has 0 unspecified atom stereocenters. The number of hydrogen-bond donors (Lipinski definition) is 0. The molecule has 0 radical (unpaired) electrons. The van der Waals surface area contributed by atoms with Crippen LogP contribution >= 0.6 is 11.6 Å². The Morgan fingerprint density at radius 3 is 2.67 bits per heavy atom. The Kier molecular flexibility index (Phi) is 5.16. The summed E-state index contributed by atoms with van der Waals surface area (Å²) in [6, 6.07) is 6.42. The number of carbonyl (C=O) groups excluding carboxylic acids is 1. The van der Waals surface area contributed by atoms with Gasteiger partial charge in [-0.2, -0.15) is 5.26 Å². The number of piperazine rings is 1. The maximum Gasteiger partial charge on any atom is 0.256 e. The molecule has 0 N–H and O–H groups in total. The number of rotatable bonds is 3. The molecule has 1 amide bonds. The Labute approximate surface area is 128 Å². The van der Waals surface area contributed by atoms with Crippen molar-refractivity contribution >= 4 is 17.5 Å². The molecule has 2 rings (SSSR count). The van der Waals surface area contributed by atoms with E-state index in [2.05, 4.69) is 11.0 Å². The third-order valence-corrected chi connectivity index (χ3v) is 4.01. The van der Waals surface area contributed by atoms with E-state index in [-0.39, 0.29) is 22.5 Å². The Bertz CT molecular complexity index is 565. The van der Waals surface area contributed by atoms with Crippen LogP contribution in [0, 0.1) is 17.1 Å². The van der Waals surface area contributed by atoms with E-state index in [4.69, 9.17) is 16.9 Å². The molecule has 1 aliphatic rings.